The Labute approximate surface area is 106 Å². The number of aromatic nitrogens is 3. The predicted octanol–water partition coefficient (Wildman–Crippen LogP) is 0.840. The highest BCUT2D eigenvalue weighted by Gasteiger charge is 2.26. The minimum atomic E-state index is -0.372. The summed E-state index contributed by atoms with van der Waals surface area (Å²) in [5.74, 6) is 0.869. The number of hydrogen-bond acceptors (Lipinski definition) is 4. The van der Waals surface area contributed by atoms with Crippen molar-refractivity contribution in [1.82, 2.24) is 19.9 Å². The average Bonchev–Trinajstić information content (AvgIpc) is 2.89. The summed E-state index contributed by atoms with van der Waals surface area (Å²) in [4.78, 5) is 8.51. The Morgan fingerprint density at radius 3 is 3.11 bits per heavy atom. The molecule has 5 heteroatoms. The van der Waals surface area contributed by atoms with E-state index in [2.05, 4.69) is 19.9 Å². The van der Waals surface area contributed by atoms with Gasteiger partial charge < -0.3 is 15.0 Å². The van der Waals surface area contributed by atoms with Gasteiger partial charge in [0.1, 0.15) is 5.82 Å². The number of nitrogens with zero attached hydrogens (tertiary/aromatic N) is 3. The fraction of sp³-hybridized carbons (Fsp3) is 0.385. The van der Waals surface area contributed by atoms with Gasteiger partial charge in [-0.05, 0) is 25.1 Å². The minimum Gasteiger partial charge on any atom is -0.390 e. The zero-order chi connectivity index (χ0) is 12.4. The van der Waals surface area contributed by atoms with E-state index in [4.69, 9.17) is 0 Å². The van der Waals surface area contributed by atoms with E-state index in [-0.39, 0.29) is 12.1 Å². The molecule has 0 bridgehead atoms. The van der Waals surface area contributed by atoms with Gasteiger partial charge in [-0.1, -0.05) is 0 Å². The summed E-state index contributed by atoms with van der Waals surface area (Å²) in [5.41, 5.74) is 0.980. The van der Waals surface area contributed by atoms with Crippen LogP contribution in [0, 0.1) is 0 Å². The van der Waals surface area contributed by atoms with Crippen molar-refractivity contribution in [3.05, 3.63) is 36.9 Å². The topological polar surface area (TPSA) is 63.0 Å². The second kappa shape index (κ2) is 4.88. The molecule has 1 aliphatic rings. The number of rotatable bonds is 2. The summed E-state index contributed by atoms with van der Waals surface area (Å²) in [6.07, 6.45) is 7.79. The van der Waals surface area contributed by atoms with Crippen molar-refractivity contribution >= 4 is 0 Å². The Morgan fingerprint density at radius 2 is 2.33 bits per heavy atom. The maximum absolute atomic E-state index is 10.1. The molecule has 0 spiro atoms. The molecule has 0 unspecified atom stereocenters. The van der Waals surface area contributed by atoms with E-state index in [1.807, 2.05) is 18.3 Å². The lowest BCUT2D eigenvalue weighted by Crippen LogP contribution is -2.41. The Hall–Kier alpha value is -1.72. The molecule has 3 heterocycles. The molecule has 2 aromatic rings. The van der Waals surface area contributed by atoms with Crippen molar-refractivity contribution in [3.63, 3.8) is 0 Å². The molecule has 1 saturated heterocycles. The second-order valence-electron chi connectivity index (χ2n) is 4.53. The van der Waals surface area contributed by atoms with Gasteiger partial charge in [0.15, 0.2) is 0 Å². The standard InChI is InChI=1S/C13H16N4O/c18-12-9-15-5-3-11(12)17-7-6-16-13(17)10-2-1-4-14-8-10/h1-2,4,6-8,11-12,15,18H,3,5,9H2/t11-,12-/m0/s1. The quantitative estimate of drug-likeness (QED) is 0.821. The number of aliphatic hydroxyl groups excluding tert-OH is 1. The first-order chi connectivity index (χ1) is 8.86. The number of piperidine rings is 1. The Kier molecular flexibility index (Phi) is 3.08. The van der Waals surface area contributed by atoms with Crippen LogP contribution in [0.15, 0.2) is 36.9 Å². The van der Waals surface area contributed by atoms with Gasteiger partial charge in [-0.25, -0.2) is 4.98 Å². The van der Waals surface area contributed by atoms with Crippen LogP contribution in [0.3, 0.4) is 0 Å². The van der Waals surface area contributed by atoms with E-state index in [1.54, 1.807) is 18.6 Å². The third-order valence-electron chi connectivity index (χ3n) is 3.36. The molecule has 2 aromatic heterocycles. The molecule has 1 aliphatic heterocycles. The highest BCUT2D eigenvalue weighted by atomic mass is 16.3. The molecule has 0 aromatic carbocycles. The lowest BCUT2D eigenvalue weighted by molar-refractivity contribution is 0.0880. The zero-order valence-corrected chi connectivity index (χ0v) is 10.0. The minimum absolute atomic E-state index is 0.0870. The van der Waals surface area contributed by atoms with E-state index in [0.717, 1.165) is 24.4 Å². The third kappa shape index (κ3) is 2.02. The fourth-order valence-corrected chi connectivity index (χ4v) is 2.45. The molecule has 94 valence electrons. The van der Waals surface area contributed by atoms with Gasteiger partial charge in [-0.3, -0.25) is 4.98 Å². The molecule has 3 rings (SSSR count). The van der Waals surface area contributed by atoms with Gasteiger partial charge in [-0.15, -0.1) is 0 Å². The lowest BCUT2D eigenvalue weighted by atomic mass is 10.0. The highest BCUT2D eigenvalue weighted by molar-refractivity contribution is 5.53. The second-order valence-corrected chi connectivity index (χ2v) is 4.53. The molecule has 2 atom stereocenters. The van der Waals surface area contributed by atoms with Gasteiger partial charge in [0.2, 0.25) is 0 Å². The monoisotopic (exact) mass is 244 g/mol. The van der Waals surface area contributed by atoms with E-state index < -0.39 is 0 Å². The van der Waals surface area contributed by atoms with Crippen LogP contribution in [0.5, 0.6) is 0 Å². The smallest absolute Gasteiger partial charge is 0.141 e. The predicted molar refractivity (Wildman–Crippen MR) is 68.0 cm³/mol. The number of imidazole rings is 1. The van der Waals surface area contributed by atoms with Crippen LogP contribution in [-0.4, -0.2) is 38.8 Å². The molecule has 0 aliphatic carbocycles. The molecule has 5 nitrogen and oxygen atoms in total. The molecular weight excluding hydrogens is 228 g/mol. The Balaban J connectivity index is 1.96. The summed E-state index contributed by atoms with van der Waals surface area (Å²) < 4.78 is 2.06. The van der Waals surface area contributed by atoms with Crippen molar-refractivity contribution in [2.45, 2.75) is 18.6 Å². The van der Waals surface area contributed by atoms with Gasteiger partial charge in [0, 0.05) is 36.9 Å². The summed E-state index contributed by atoms with van der Waals surface area (Å²) in [7, 11) is 0. The van der Waals surface area contributed by atoms with Crippen molar-refractivity contribution in [3.8, 4) is 11.4 Å². The maximum Gasteiger partial charge on any atom is 0.141 e. The van der Waals surface area contributed by atoms with Crippen LogP contribution >= 0.6 is 0 Å². The first-order valence-corrected chi connectivity index (χ1v) is 6.18. The van der Waals surface area contributed by atoms with Crippen LogP contribution in [0.4, 0.5) is 0 Å². The summed E-state index contributed by atoms with van der Waals surface area (Å²) >= 11 is 0. The molecule has 0 radical (unpaired) electrons. The zero-order valence-electron chi connectivity index (χ0n) is 10.0. The third-order valence-corrected chi connectivity index (χ3v) is 3.36. The molecule has 1 fully saturated rings. The first kappa shape index (κ1) is 11.4. The number of hydrogen-bond donors (Lipinski definition) is 2. The van der Waals surface area contributed by atoms with Crippen molar-refractivity contribution in [1.29, 1.82) is 0 Å². The average molecular weight is 244 g/mol. The number of nitrogens with one attached hydrogen (secondary N) is 1. The van der Waals surface area contributed by atoms with Crippen LogP contribution in [0.25, 0.3) is 11.4 Å². The normalized spacial score (nSPS) is 24.1. The Morgan fingerprint density at radius 1 is 1.39 bits per heavy atom. The fourth-order valence-electron chi connectivity index (χ4n) is 2.45. The number of β-amino-alcohol motifs (C(OH)–C–C–N with tert-alkyl or cyclic N) is 1. The number of pyridine rings is 1. The molecule has 0 amide bonds. The van der Waals surface area contributed by atoms with Gasteiger partial charge >= 0.3 is 0 Å². The van der Waals surface area contributed by atoms with Gasteiger partial charge in [0.05, 0.1) is 12.1 Å². The van der Waals surface area contributed by atoms with Gasteiger partial charge in [0.25, 0.3) is 0 Å². The van der Waals surface area contributed by atoms with Crippen molar-refractivity contribution < 1.29 is 5.11 Å². The molecule has 0 saturated carbocycles. The lowest BCUT2D eigenvalue weighted by Gasteiger charge is -2.30. The van der Waals surface area contributed by atoms with Crippen LogP contribution in [0.2, 0.25) is 0 Å². The van der Waals surface area contributed by atoms with Crippen LogP contribution in [0.1, 0.15) is 12.5 Å². The Bertz CT molecular complexity index is 511. The largest absolute Gasteiger partial charge is 0.390 e. The summed E-state index contributed by atoms with van der Waals surface area (Å²) in [6.45, 7) is 1.56. The highest BCUT2D eigenvalue weighted by Crippen LogP contribution is 2.25. The summed E-state index contributed by atoms with van der Waals surface area (Å²) in [5, 5.41) is 13.3. The SMILES string of the molecule is O[C@H]1CNCC[C@@H]1n1ccnc1-c1cccnc1. The van der Waals surface area contributed by atoms with Crippen LogP contribution < -0.4 is 5.32 Å². The summed E-state index contributed by atoms with van der Waals surface area (Å²) in [6, 6.07) is 3.97. The first-order valence-electron chi connectivity index (χ1n) is 6.18. The van der Waals surface area contributed by atoms with Gasteiger partial charge in [-0.2, -0.15) is 0 Å². The molecular formula is C13H16N4O. The molecule has 18 heavy (non-hydrogen) atoms. The van der Waals surface area contributed by atoms with Crippen LogP contribution in [-0.2, 0) is 0 Å². The van der Waals surface area contributed by atoms with E-state index in [1.165, 1.54) is 0 Å². The van der Waals surface area contributed by atoms with E-state index >= 15 is 0 Å². The van der Waals surface area contributed by atoms with Crippen molar-refractivity contribution in [2.75, 3.05) is 13.1 Å². The molecule has 2 N–H and O–H groups in total. The number of aliphatic hydroxyl groups is 1. The van der Waals surface area contributed by atoms with E-state index in [9.17, 15) is 5.11 Å². The van der Waals surface area contributed by atoms with E-state index in [0.29, 0.717) is 6.54 Å². The maximum atomic E-state index is 10.1. The van der Waals surface area contributed by atoms with Crippen molar-refractivity contribution in [2.24, 2.45) is 0 Å².